The quantitative estimate of drug-likeness (QED) is 0.237. The Morgan fingerprint density at radius 3 is 2.52 bits per heavy atom. The number of benzene rings is 1. The van der Waals surface area contributed by atoms with Crippen molar-refractivity contribution in [3.8, 4) is 5.75 Å². The standard InChI is InChI=1S/C14H19O2.C2H4O2.Hg/c1-2-3-4-5-9-12-14(15)16-13-10-7-6-8-11-13;1-2(3)4;/h6-8,10H,2-5,9,12H2,1H3;1H3,(H,3,4);/q;;+1/p-1. The average molecular weight is 479 g/mol. The molecule has 21 heavy (non-hydrogen) atoms. The number of carbonyl (C=O) groups excluding carboxylic acids is 2. The molecule has 0 radical (unpaired) electrons. The average Bonchev–Trinajstić information content (AvgIpc) is 2.46. The van der Waals surface area contributed by atoms with Gasteiger partial charge in [0, 0.05) is 0 Å². The van der Waals surface area contributed by atoms with Crippen molar-refractivity contribution in [1.29, 1.82) is 0 Å². The van der Waals surface area contributed by atoms with Gasteiger partial charge in [-0.3, -0.25) is 0 Å². The van der Waals surface area contributed by atoms with E-state index in [1.54, 1.807) is 6.07 Å². The summed E-state index contributed by atoms with van der Waals surface area (Å²) in [7, 11) is 0. The number of para-hydroxylation sites is 1. The molecule has 0 atom stereocenters. The van der Waals surface area contributed by atoms with E-state index in [1.165, 1.54) is 26.2 Å². The van der Waals surface area contributed by atoms with Crippen molar-refractivity contribution in [3.05, 3.63) is 24.3 Å². The van der Waals surface area contributed by atoms with E-state index in [4.69, 9.17) is 7.38 Å². The van der Waals surface area contributed by atoms with Gasteiger partial charge in [0.1, 0.15) is 0 Å². The van der Waals surface area contributed by atoms with Gasteiger partial charge in [-0.05, 0) is 0 Å². The minimum absolute atomic E-state index is 0.199. The molecule has 0 saturated carbocycles. The first-order valence-corrected chi connectivity index (χ1v) is 12.5. The van der Waals surface area contributed by atoms with E-state index in [0.717, 1.165) is 15.9 Å². The summed E-state index contributed by atoms with van der Waals surface area (Å²) in [5.74, 6) is 0.114. The second kappa shape index (κ2) is 10.8. The zero-order valence-electron chi connectivity index (χ0n) is 12.9. The van der Waals surface area contributed by atoms with Crippen LogP contribution in [0.15, 0.2) is 24.3 Å². The van der Waals surface area contributed by atoms with Gasteiger partial charge in [-0.2, -0.15) is 0 Å². The van der Waals surface area contributed by atoms with Gasteiger partial charge in [0.05, 0.1) is 0 Å². The molecule has 0 heterocycles. The molecule has 1 rings (SSSR count). The fourth-order valence-electron chi connectivity index (χ4n) is 1.95. The van der Waals surface area contributed by atoms with E-state index < -0.39 is 25.0 Å². The van der Waals surface area contributed by atoms with Gasteiger partial charge in [0.25, 0.3) is 0 Å². The Morgan fingerprint density at radius 1 is 1.10 bits per heavy atom. The molecule has 112 valence electrons. The molecule has 0 aliphatic carbocycles. The molecule has 1 aromatic rings. The number of carbonyl (C=O) groups is 2. The van der Waals surface area contributed by atoms with Crippen LogP contribution < -0.4 is 7.81 Å². The topological polar surface area (TPSA) is 52.6 Å². The van der Waals surface area contributed by atoms with E-state index in [9.17, 15) is 9.59 Å². The Bertz CT molecular complexity index is 459. The minimum atomic E-state index is -1.97. The van der Waals surface area contributed by atoms with Gasteiger partial charge >= 0.3 is 139 Å². The van der Waals surface area contributed by atoms with Crippen LogP contribution in [0.25, 0.3) is 0 Å². The summed E-state index contributed by atoms with van der Waals surface area (Å²) < 4.78 is 11.5. The van der Waals surface area contributed by atoms with Crippen molar-refractivity contribution in [2.45, 2.75) is 52.4 Å². The summed E-state index contributed by atoms with van der Waals surface area (Å²) in [5.41, 5.74) is 0. The second-order valence-corrected chi connectivity index (χ2v) is 10.2. The SMILES string of the molecule is CCCCCCCC(=O)Oc1cccc[c]1[Hg][O]C(C)=O. The molecule has 0 aromatic heterocycles. The van der Waals surface area contributed by atoms with Crippen molar-refractivity contribution in [1.82, 2.24) is 0 Å². The first kappa shape index (κ1) is 18.1. The van der Waals surface area contributed by atoms with Crippen molar-refractivity contribution in [2.24, 2.45) is 0 Å². The Morgan fingerprint density at radius 2 is 1.81 bits per heavy atom. The number of esters is 1. The number of hydrogen-bond acceptors (Lipinski definition) is 4. The van der Waals surface area contributed by atoms with Crippen molar-refractivity contribution in [2.75, 3.05) is 0 Å². The van der Waals surface area contributed by atoms with Crippen LogP contribution in [0.4, 0.5) is 0 Å². The zero-order chi connectivity index (χ0) is 15.5. The van der Waals surface area contributed by atoms with Crippen molar-refractivity contribution >= 4 is 15.0 Å². The first-order chi connectivity index (χ1) is 10.1. The van der Waals surface area contributed by atoms with Crippen molar-refractivity contribution in [3.63, 3.8) is 0 Å². The normalized spacial score (nSPS) is 9.81. The Kier molecular flexibility index (Phi) is 9.31. The van der Waals surface area contributed by atoms with Gasteiger partial charge in [0.15, 0.2) is 0 Å². The van der Waals surface area contributed by atoms with E-state index in [1.807, 2.05) is 18.2 Å². The van der Waals surface area contributed by atoms with E-state index in [0.29, 0.717) is 12.2 Å². The van der Waals surface area contributed by atoms with E-state index in [2.05, 4.69) is 6.92 Å². The van der Waals surface area contributed by atoms with Gasteiger partial charge in [-0.15, -0.1) is 0 Å². The van der Waals surface area contributed by atoms with Crippen LogP contribution in [0.1, 0.15) is 52.4 Å². The molecule has 1 aromatic carbocycles. The summed E-state index contributed by atoms with van der Waals surface area (Å²) in [6, 6.07) is 7.36. The fraction of sp³-hybridized carbons (Fsp3) is 0.500. The van der Waals surface area contributed by atoms with Gasteiger partial charge in [-0.25, -0.2) is 0 Å². The molecule has 0 amide bonds. The van der Waals surface area contributed by atoms with Crippen LogP contribution in [0, 0.1) is 0 Å². The van der Waals surface area contributed by atoms with Crippen LogP contribution in [-0.4, -0.2) is 11.9 Å². The molecule has 0 bridgehead atoms. The van der Waals surface area contributed by atoms with Crippen molar-refractivity contribution < 1.29 is 42.0 Å². The molecule has 0 spiro atoms. The Hall–Kier alpha value is -0.905. The second-order valence-electron chi connectivity index (χ2n) is 5.03. The molecule has 0 aliphatic rings. The monoisotopic (exact) mass is 480 g/mol. The molecule has 0 fully saturated rings. The Labute approximate surface area is 139 Å². The maximum absolute atomic E-state index is 11.8. The van der Waals surface area contributed by atoms with Crippen LogP contribution in [0.2, 0.25) is 0 Å². The zero-order valence-corrected chi connectivity index (χ0v) is 18.4. The fourth-order valence-corrected chi connectivity index (χ4v) is 5.54. The number of hydrogen-bond donors (Lipinski definition) is 0. The molecular formula is C16H22HgO4. The maximum atomic E-state index is 11.8. The third-order valence-electron chi connectivity index (χ3n) is 3.11. The van der Waals surface area contributed by atoms with E-state index in [-0.39, 0.29) is 11.9 Å². The number of unbranched alkanes of at least 4 members (excludes halogenated alkanes) is 4. The van der Waals surface area contributed by atoms with Crippen LogP contribution >= 0.6 is 0 Å². The molecule has 0 unspecified atom stereocenters. The van der Waals surface area contributed by atoms with Crippen LogP contribution in [0.5, 0.6) is 5.75 Å². The Balaban J connectivity index is 2.42. The molecular weight excluding hydrogens is 457 g/mol. The molecule has 0 N–H and O–H groups in total. The van der Waals surface area contributed by atoms with E-state index >= 15 is 0 Å². The summed E-state index contributed by atoms with van der Waals surface area (Å²) in [6.45, 7) is 3.57. The third-order valence-corrected chi connectivity index (χ3v) is 8.73. The number of rotatable bonds is 9. The first-order valence-electron chi connectivity index (χ1n) is 7.55. The predicted octanol–water partition coefficient (Wildman–Crippen LogP) is 3.14. The van der Waals surface area contributed by atoms with Crippen LogP contribution in [0.3, 0.4) is 0 Å². The summed E-state index contributed by atoms with van der Waals surface area (Å²) in [5, 5.41) is 0. The summed E-state index contributed by atoms with van der Waals surface area (Å²) in [6.07, 6.45) is 5.97. The molecule has 0 aliphatic heterocycles. The third kappa shape index (κ3) is 8.19. The van der Waals surface area contributed by atoms with Gasteiger partial charge < -0.3 is 0 Å². The molecule has 4 nitrogen and oxygen atoms in total. The van der Waals surface area contributed by atoms with Gasteiger partial charge in [-0.1, -0.05) is 0 Å². The summed E-state index contributed by atoms with van der Waals surface area (Å²) >= 11 is -1.97. The summed E-state index contributed by atoms with van der Waals surface area (Å²) in [4.78, 5) is 22.7. The number of ether oxygens (including phenoxy) is 1. The molecule has 0 saturated heterocycles. The van der Waals surface area contributed by atoms with Gasteiger partial charge in [0.2, 0.25) is 0 Å². The molecule has 5 heteroatoms. The predicted molar refractivity (Wildman–Crippen MR) is 76.9 cm³/mol. The van der Waals surface area contributed by atoms with Crippen LogP contribution in [-0.2, 0) is 37.3 Å².